The Balaban J connectivity index is 2.46. The molecular formula is C8H9N3S. The molecule has 12 heavy (non-hydrogen) atoms. The zero-order valence-electron chi connectivity index (χ0n) is 6.66. The third kappa shape index (κ3) is 1.31. The van der Waals surface area contributed by atoms with E-state index in [0.717, 1.165) is 11.0 Å². The molecule has 2 aromatic rings. The molecule has 2 N–H and O–H groups in total. The Bertz CT molecular complexity index is 382. The minimum absolute atomic E-state index is 1.01. The van der Waals surface area contributed by atoms with Gasteiger partial charge in [-0.25, -0.2) is 4.98 Å². The number of nitrogens with zero attached hydrogens (tertiary/aromatic N) is 1. The van der Waals surface area contributed by atoms with Crippen LogP contribution in [0.1, 0.15) is 0 Å². The summed E-state index contributed by atoms with van der Waals surface area (Å²) in [7, 11) is 1.90. The molecule has 0 saturated heterocycles. The molecule has 4 heteroatoms. The maximum atomic E-state index is 4.13. The first kappa shape index (κ1) is 7.64. The molecule has 0 aliphatic heterocycles. The fraction of sp³-hybridized carbons (Fsp3) is 0.125. The molecule has 0 spiro atoms. The van der Waals surface area contributed by atoms with Gasteiger partial charge in [0.1, 0.15) is 0 Å². The van der Waals surface area contributed by atoms with Crippen LogP contribution in [0.4, 0.5) is 0 Å². The topological polar surface area (TPSA) is 40.7 Å². The van der Waals surface area contributed by atoms with Crippen LogP contribution in [0.15, 0.2) is 29.4 Å². The van der Waals surface area contributed by atoms with E-state index < -0.39 is 0 Å². The minimum Gasteiger partial charge on any atom is -0.345 e. The first-order chi connectivity index (χ1) is 5.90. The zero-order chi connectivity index (χ0) is 8.39. The summed E-state index contributed by atoms with van der Waals surface area (Å²) in [6, 6.07) is 6.12. The van der Waals surface area contributed by atoms with Crippen molar-refractivity contribution in [2.75, 3.05) is 7.05 Å². The van der Waals surface area contributed by atoms with Gasteiger partial charge in [0.15, 0.2) is 0 Å². The number of H-pyrrole nitrogens is 1. The Labute approximate surface area is 74.7 Å². The monoisotopic (exact) mass is 179 g/mol. The van der Waals surface area contributed by atoms with E-state index >= 15 is 0 Å². The first-order valence-electron chi connectivity index (χ1n) is 3.67. The van der Waals surface area contributed by atoms with Gasteiger partial charge < -0.3 is 4.98 Å². The van der Waals surface area contributed by atoms with Gasteiger partial charge in [-0.3, -0.25) is 4.72 Å². The van der Waals surface area contributed by atoms with Crippen molar-refractivity contribution in [1.82, 2.24) is 14.7 Å². The molecule has 0 unspecified atom stereocenters. The maximum absolute atomic E-state index is 4.13. The number of imidazole rings is 1. The van der Waals surface area contributed by atoms with E-state index in [1.54, 1.807) is 18.3 Å². The molecule has 3 nitrogen and oxygen atoms in total. The Kier molecular flexibility index (Phi) is 2.01. The largest absolute Gasteiger partial charge is 0.345 e. The maximum Gasteiger partial charge on any atom is 0.0931 e. The lowest BCUT2D eigenvalue weighted by Crippen LogP contribution is -1.89. The summed E-state index contributed by atoms with van der Waals surface area (Å²) in [6.07, 6.45) is 1.71. The third-order valence-electron chi connectivity index (χ3n) is 1.61. The van der Waals surface area contributed by atoms with Crippen LogP contribution in [0.5, 0.6) is 0 Å². The number of aromatic amines is 1. The molecule has 0 fully saturated rings. The second kappa shape index (κ2) is 3.16. The molecule has 1 aromatic heterocycles. The van der Waals surface area contributed by atoms with Gasteiger partial charge in [-0.2, -0.15) is 0 Å². The highest BCUT2D eigenvalue weighted by Crippen LogP contribution is 2.18. The fourth-order valence-corrected chi connectivity index (χ4v) is 1.64. The van der Waals surface area contributed by atoms with Crippen molar-refractivity contribution in [3.8, 4) is 0 Å². The summed E-state index contributed by atoms with van der Waals surface area (Å²) in [5.74, 6) is 0. The van der Waals surface area contributed by atoms with Crippen LogP contribution in [0.2, 0.25) is 0 Å². The summed E-state index contributed by atoms with van der Waals surface area (Å²) >= 11 is 1.60. The molecule has 0 aliphatic carbocycles. The molecule has 0 saturated carbocycles. The van der Waals surface area contributed by atoms with E-state index in [1.165, 1.54) is 4.90 Å². The van der Waals surface area contributed by atoms with Crippen LogP contribution in [0.25, 0.3) is 11.0 Å². The first-order valence-corrected chi connectivity index (χ1v) is 4.48. The van der Waals surface area contributed by atoms with Gasteiger partial charge in [-0.15, -0.1) is 0 Å². The molecule has 62 valence electrons. The molecule has 1 heterocycles. The van der Waals surface area contributed by atoms with Crippen molar-refractivity contribution in [2.45, 2.75) is 4.90 Å². The van der Waals surface area contributed by atoms with Crippen LogP contribution in [-0.4, -0.2) is 17.0 Å². The molecule has 0 aliphatic rings. The average molecular weight is 179 g/mol. The van der Waals surface area contributed by atoms with Gasteiger partial charge >= 0.3 is 0 Å². The molecule has 2 rings (SSSR count). The van der Waals surface area contributed by atoms with E-state index in [0.29, 0.717) is 0 Å². The summed E-state index contributed by atoms with van der Waals surface area (Å²) in [4.78, 5) is 8.39. The van der Waals surface area contributed by atoms with Crippen LogP contribution >= 0.6 is 11.9 Å². The molecule has 0 amide bonds. The van der Waals surface area contributed by atoms with Crippen LogP contribution in [0.3, 0.4) is 0 Å². The lowest BCUT2D eigenvalue weighted by atomic mass is 10.3. The SMILES string of the molecule is CNSc1ccc2nc[nH]c2c1. The van der Waals surface area contributed by atoms with Crippen molar-refractivity contribution in [3.63, 3.8) is 0 Å². The van der Waals surface area contributed by atoms with Gasteiger partial charge in [-0.1, -0.05) is 0 Å². The summed E-state index contributed by atoms with van der Waals surface area (Å²) < 4.78 is 3.02. The quantitative estimate of drug-likeness (QED) is 0.690. The Morgan fingerprint density at radius 1 is 1.50 bits per heavy atom. The smallest absolute Gasteiger partial charge is 0.0931 e. The average Bonchev–Trinajstić information content (AvgIpc) is 2.51. The Morgan fingerprint density at radius 3 is 3.25 bits per heavy atom. The van der Waals surface area contributed by atoms with E-state index in [9.17, 15) is 0 Å². The van der Waals surface area contributed by atoms with Crippen LogP contribution in [0, 0.1) is 0 Å². The Morgan fingerprint density at radius 2 is 2.42 bits per heavy atom. The fourth-order valence-electron chi connectivity index (χ4n) is 1.10. The van der Waals surface area contributed by atoms with E-state index in [2.05, 4.69) is 20.8 Å². The third-order valence-corrected chi connectivity index (χ3v) is 2.31. The van der Waals surface area contributed by atoms with Crippen molar-refractivity contribution >= 4 is 23.0 Å². The summed E-state index contributed by atoms with van der Waals surface area (Å²) in [5, 5.41) is 0. The summed E-state index contributed by atoms with van der Waals surface area (Å²) in [5.41, 5.74) is 2.09. The highest BCUT2D eigenvalue weighted by molar-refractivity contribution is 7.97. The number of fused-ring (bicyclic) bond motifs is 1. The van der Waals surface area contributed by atoms with Crippen LogP contribution < -0.4 is 4.72 Å². The van der Waals surface area contributed by atoms with Crippen molar-refractivity contribution in [3.05, 3.63) is 24.5 Å². The van der Waals surface area contributed by atoms with Crippen molar-refractivity contribution < 1.29 is 0 Å². The Hall–Kier alpha value is -1.00. The number of benzene rings is 1. The second-order valence-electron chi connectivity index (χ2n) is 2.39. The minimum atomic E-state index is 1.01. The number of rotatable bonds is 2. The predicted molar refractivity (Wildman–Crippen MR) is 51.0 cm³/mol. The van der Waals surface area contributed by atoms with E-state index in [1.807, 2.05) is 19.2 Å². The van der Waals surface area contributed by atoms with Crippen molar-refractivity contribution in [2.24, 2.45) is 0 Å². The molecule has 0 atom stereocenters. The van der Waals surface area contributed by atoms with E-state index in [-0.39, 0.29) is 0 Å². The number of hydrogen-bond acceptors (Lipinski definition) is 3. The highest BCUT2D eigenvalue weighted by atomic mass is 32.2. The summed E-state index contributed by atoms with van der Waals surface area (Å²) in [6.45, 7) is 0. The standard InChI is InChI=1S/C8H9N3S/c1-9-12-6-2-3-7-8(4-6)11-5-10-7/h2-5,9H,1H3,(H,10,11). The molecular weight excluding hydrogens is 170 g/mol. The lowest BCUT2D eigenvalue weighted by molar-refractivity contribution is 1.28. The second-order valence-corrected chi connectivity index (χ2v) is 3.47. The van der Waals surface area contributed by atoms with E-state index in [4.69, 9.17) is 0 Å². The molecule has 0 bridgehead atoms. The molecule has 0 radical (unpaired) electrons. The zero-order valence-corrected chi connectivity index (χ0v) is 7.48. The van der Waals surface area contributed by atoms with Gasteiger partial charge in [0.25, 0.3) is 0 Å². The highest BCUT2D eigenvalue weighted by Gasteiger charge is 1.96. The number of nitrogens with one attached hydrogen (secondary N) is 2. The molecule has 1 aromatic carbocycles. The van der Waals surface area contributed by atoms with Gasteiger partial charge in [0.05, 0.1) is 17.4 Å². The van der Waals surface area contributed by atoms with Crippen molar-refractivity contribution in [1.29, 1.82) is 0 Å². The lowest BCUT2D eigenvalue weighted by Gasteiger charge is -1.97. The normalized spacial score (nSPS) is 10.8. The number of aromatic nitrogens is 2. The van der Waals surface area contributed by atoms with Crippen LogP contribution in [-0.2, 0) is 0 Å². The van der Waals surface area contributed by atoms with Gasteiger partial charge in [0.2, 0.25) is 0 Å². The number of hydrogen-bond donors (Lipinski definition) is 2. The predicted octanol–water partition coefficient (Wildman–Crippen LogP) is 1.79. The van der Waals surface area contributed by atoms with Gasteiger partial charge in [-0.05, 0) is 37.2 Å². The van der Waals surface area contributed by atoms with Gasteiger partial charge in [0, 0.05) is 4.90 Å².